The molecule has 0 aliphatic carbocycles. The molecular weight excluding hydrogens is 425 g/mol. The van der Waals surface area contributed by atoms with Crippen LogP contribution in [0, 0.1) is 0 Å². The summed E-state index contributed by atoms with van der Waals surface area (Å²) in [4.78, 5) is 26.3. The number of nitrogens with zero attached hydrogens (tertiary/aromatic N) is 1. The summed E-state index contributed by atoms with van der Waals surface area (Å²) >= 11 is 0. The van der Waals surface area contributed by atoms with Crippen LogP contribution in [-0.4, -0.2) is 28.5 Å². The fourth-order valence-electron chi connectivity index (χ4n) is 2.76. The highest BCUT2D eigenvalue weighted by Crippen LogP contribution is 2.29. The van der Waals surface area contributed by atoms with Crippen molar-refractivity contribution >= 4 is 11.9 Å². The number of aromatic nitrogens is 1. The van der Waals surface area contributed by atoms with E-state index in [4.69, 9.17) is 9.84 Å². The molecule has 166 valence electrons. The van der Waals surface area contributed by atoms with E-state index in [0.29, 0.717) is 22.6 Å². The number of aliphatic carboxylic acids is 1. The van der Waals surface area contributed by atoms with Crippen LogP contribution in [0.3, 0.4) is 0 Å². The number of alkyl halides is 3. The van der Waals surface area contributed by atoms with E-state index in [2.05, 4.69) is 10.3 Å². The number of carboxylic acids is 1. The molecular formula is C23H19F3N2O4. The number of ether oxygens (including phenoxy) is 1. The Balaban J connectivity index is 1.54. The lowest BCUT2D eigenvalue weighted by molar-refractivity contribution is -0.138. The normalized spacial score (nSPS) is 11.1. The first-order valence-corrected chi connectivity index (χ1v) is 9.58. The van der Waals surface area contributed by atoms with Gasteiger partial charge in [0.25, 0.3) is 5.91 Å². The molecule has 0 aliphatic rings. The predicted molar refractivity (Wildman–Crippen MR) is 110 cm³/mol. The van der Waals surface area contributed by atoms with Crippen LogP contribution in [0.15, 0.2) is 66.9 Å². The third-order valence-corrected chi connectivity index (χ3v) is 4.49. The number of amides is 1. The number of carboxylic acid groups (broad SMARTS) is 1. The second-order valence-corrected chi connectivity index (χ2v) is 6.84. The Labute approximate surface area is 181 Å². The molecule has 0 spiro atoms. The Kier molecular flexibility index (Phi) is 7.09. The van der Waals surface area contributed by atoms with Gasteiger partial charge < -0.3 is 15.2 Å². The molecule has 32 heavy (non-hydrogen) atoms. The molecule has 0 atom stereocenters. The maximum absolute atomic E-state index is 12.6. The fraction of sp³-hybridized carbons (Fsp3) is 0.174. The second-order valence-electron chi connectivity index (χ2n) is 6.84. The molecule has 0 radical (unpaired) electrons. The first-order valence-electron chi connectivity index (χ1n) is 9.58. The van der Waals surface area contributed by atoms with Crippen molar-refractivity contribution in [2.45, 2.75) is 19.2 Å². The van der Waals surface area contributed by atoms with Gasteiger partial charge in [-0.1, -0.05) is 24.3 Å². The molecule has 0 aliphatic heterocycles. The summed E-state index contributed by atoms with van der Waals surface area (Å²) in [6.45, 7) is 0.301. The monoisotopic (exact) mass is 444 g/mol. The van der Waals surface area contributed by atoms with Gasteiger partial charge in [0.2, 0.25) is 0 Å². The van der Waals surface area contributed by atoms with Crippen molar-refractivity contribution in [2.24, 2.45) is 0 Å². The Bertz CT molecular complexity index is 1060. The molecule has 6 nitrogen and oxygen atoms in total. The van der Waals surface area contributed by atoms with Crippen LogP contribution < -0.4 is 10.1 Å². The zero-order valence-electron chi connectivity index (χ0n) is 16.7. The zero-order valence-corrected chi connectivity index (χ0v) is 16.7. The van der Waals surface area contributed by atoms with E-state index >= 15 is 0 Å². The number of hydrogen-bond acceptors (Lipinski definition) is 4. The van der Waals surface area contributed by atoms with E-state index in [1.807, 2.05) is 0 Å². The SMILES string of the molecule is O=C(O)CCNC(=O)c1ccc(OCc2ccc(-c3ccc(C(F)(F)F)cn3)cc2)cc1. The minimum atomic E-state index is -4.42. The quantitative estimate of drug-likeness (QED) is 0.532. The fourth-order valence-corrected chi connectivity index (χ4v) is 2.76. The van der Waals surface area contributed by atoms with Gasteiger partial charge in [-0.3, -0.25) is 14.6 Å². The van der Waals surface area contributed by atoms with Gasteiger partial charge in [-0.05, 0) is 42.0 Å². The van der Waals surface area contributed by atoms with E-state index in [0.717, 1.165) is 17.8 Å². The molecule has 3 aromatic rings. The summed E-state index contributed by atoms with van der Waals surface area (Å²) in [5, 5.41) is 11.1. The maximum Gasteiger partial charge on any atom is 0.417 e. The molecule has 0 fully saturated rings. The smallest absolute Gasteiger partial charge is 0.417 e. The highest BCUT2D eigenvalue weighted by molar-refractivity contribution is 5.94. The maximum atomic E-state index is 12.6. The number of carbonyl (C=O) groups excluding carboxylic acids is 1. The van der Waals surface area contributed by atoms with Gasteiger partial charge in [-0.15, -0.1) is 0 Å². The number of carbonyl (C=O) groups is 2. The van der Waals surface area contributed by atoms with Gasteiger partial charge in [0.1, 0.15) is 12.4 Å². The molecule has 3 rings (SSSR count). The molecule has 2 N–H and O–H groups in total. The molecule has 1 heterocycles. The highest BCUT2D eigenvalue weighted by atomic mass is 19.4. The average Bonchev–Trinajstić information content (AvgIpc) is 2.77. The van der Waals surface area contributed by atoms with Gasteiger partial charge in [-0.2, -0.15) is 13.2 Å². The topological polar surface area (TPSA) is 88.5 Å². The van der Waals surface area contributed by atoms with E-state index in [-0.39, 0.29) is 25.5 Å². The number of rotatable bonds is 8. The largest absolute Gasteiger partial charge is 0.489 e. The van der Waals surface area contributed by atoms with Crippen molar-refractivity contribution < 1.29 is 32.6 Å². The first-order chi connectivity index (χ1) is 15.2. The van der Waals surface area contributed by atoms with Gasteiger partial charge >= 0.3 is 12.1 Å². The molecule has 0 unspecified atom stereocenters. The van der Waals surface area contributed by atoms with Crippen LogP contribution in [0.2, 0.25) is 0 Å². The zero-order chi connectivity index (χ0) is 23.1. The van der Waals surface area contributed by atoms with Gasteiger partial charge in [0.15, 0.2) is 0 Å². The molecule has 0 saturated heterocycles. The number of nitrogens with one attached hydrogen (secondary N) is 1. The minimum absolute atomic E-state index is 0.0460. The molecule has 9 heteroatoms. The summed E-state index contributed by atoms with van der Waals surface area (Å²) in [7, 11) is 0. The van der Waals surface area contributed by atoms with Gasteiger partial charge in [0, 0.05) is 23.9 Å². The van der Waals surface area contributed by atoms with Crippen molar-refractivity contribution in [3.05, 3.63) is 83.6 Å². The Hall–Kier alpha value is -3.88. The lowest BCUT2D eigenvalue weighted by atomic mass is 10.1. The van der Waals surface area contributed by atoms with Crippen LogP contribution in [0.5, 0.6) is 5.75 Å². The van der Waals surface area contributed by atoms with Crippen molar-refractivity contribution in [1.29, 1.82) is 0 Å². The molecule has 1 aromatic heterocycles. The highest BCUT2D eigenvalue weighted by Gasteiger charge is 2.30. The molecule has 1 amide bonds. The van der Waals surface area contributed by atoms with Crippen LogP contribution in [0.1, 0.15) is 27.9 Å². The van der Waals surface area contributed by atoms with Crippen molar-refractivity contribution in [1.82, 2.24) is 10.3 Å². The van der Waals surface area contributed by atoms with Crippen molar-refractivity contribution in [3.63, 3.8) is 0 Å². The number of halogens is 3. The number of hydrogen-bond donors (Lipinski definition) is 2. The molecule has 0 saturated carbocycles. The van der Waals surface area contributed by atoms with Crippen molar-refractivity contribution in [2.75, 3.05) is 6.54 Å². The Morgan fingerprint density at radius 2 is 1.66 bits per heavy atom. The lowest BCUT2D eigenvalue weighted by Gasteiger charge is -2.09. The summed E-state index contributed by atoms with van der Waals surface area (Å²) in [5.74, 6) is -0.816. The second kappa shape index (κ2) is 9.95. The average molecular weight is 444 g/mol. The van der Waals surface area contributed by atoms with Gasteiger partial charge in [0.05, 0.1) is 17.7 Å². The van der Waals surface area contributed by atoms with E-state index in [1.165, 1.54) is 6.07 Å². The van der Waals surface area contributed by atoms with E-state index in [9.17, 15) is 22.8 Å². The summed E-state index contributed by atoms with van der Waals surface area (Å²) in [5.41, 5.74) is 1.55. The minimum Gasteiger partial charge on any atom is -0.489 e. The van der Waals surface area contributed by atoms with Crippen LogP contribution >= 0.6 is 0 Å². The summed E-state index contributed by atoms with van der Waals surface area (Å²) in [6.07, 6.45) is -3.77. The van der Waals surface area contributed by atoms with Crippen LogP contribution in [-0.2, 0) is 17.6 Å². The Morgan fingerprint density at radius 1 is 0.969 bits per heavy atom. The Morgan fingerprint density at radius 3 is 2.22 bits per heavy atom. The van der Waals surface area contributed by atoms with Gasteiger partial charge in [-0.25, -0.2) is 0 Å². The van der Waals surface area contributed by atoms with Crippen molar-refractivity contribution in [3.8, 4) is 17.0 Å². The third kappa shape index (κ3) is 6.31. The van der Waals surface area contributed by atoms with Crippen LogP contribution in [0.25, 0.3) is 11.3 Å². The summed E-state index contributed by atoms with van der Waals surface area (Å²) < 4.78 is 43.6. The van der Waals surface area contributed by atoms with Crippen LogP contribution in [0.4, 0.5) is 13.2 Å². The molecule has 2 aromatic carbocycles. The standard InChI is InChI=1S/C23H19F3N2O4/c24-23(25,26)18-7-10-20(28-13-18)16-3-1-15(2-4-16)14-32-19-8-5-17(6-9-19)22(31)27-12-11-21(29)30/h1-10,13H,11-12,14H2,(H,27,31)(H,29,30). The first kappa shape index (κ1) is 22.8. The third-order valence-electron chi connectivity index (χ3n) is 4.49. The molecule has 0 bridgehead atoms. The van der Waals surface area contributed by atoms with E-state index in [1.54, 1.807) is 48.5 Å². The lowest BCUT2D eigenvalue weighted by Crippen LogP contribution is -2.25. The predicted octanol–water partition coefficient (Wildman–Crippen LogP) is 4.55. The number of pyridine rings is 1. The summed E-state index contributed by atoms with van der Waals surface area (Å²) in [6, 6.07) is 15.8. The number of benzene rings is 2. The van der Waals surface area contributed by atoms with E-state index < -0.39 is 17.7 Å².